The number of carbonyl (C=O) groups is 2. The number of aliphatic carboxylic acids is 1. The molecule has 0 radical (unpaired) electrons. The van der Waals surface area contributed by atoms with Crippen LogP contribution in [0.4, 0.5) is 0 Å². The molecule has 1 aromatic heterocycles. The van der Waals surface area contributed by atoms with Crippen molar-refractivity contribution in [2.75, 3.05) is 0 Å². The first-order valence-electron chi connectivity index (χ1n) is 5.72. The number of carboxylic acids is 1. The first-order valence-corrected chi connectivity index (χ1v) is 5.72. The minimum Gasteiger partial charge on any atom is -0.481 e. The van der Waals surface area contributed by atoms with Crippen LogP contribution in [0.25, 0.3) is 11.3 Å². The summed E-state index contributed by atoms with van der Waals surface area (Å²) >= 11 is 0. The van der Waals surface area contributed by atoms with Gasteiger partial charge in [-0.3, -0.25) is 14.7 Å². The predicted molar refractivity (Wildman–Crippen MR) is 68.1 cm³/mol. The van der Waals surface area contributed by atoms with Crippen molar-refractivity contribution in [3.63, 3.8) is 0 Å². The molecule has 6 heteroatoms. The second-order valence-corrected chi connectivity index (χ2v) is 4.01. The van der Waals surface area contributed by atoms with Gasteiger partial charge < -0.3 is 10.4 Å². The van der Waals surface area contributed by atoms with Gasteiger partial charge >= 0.3 is 5.97 Å². The van der Waals surface area contributed by atoms with E-state index in [2.05, 4.69) is 15.5 Å². The van der Waals surface area contributed by atoms with Crippen LogP contribution in [0.15, 0.2) is 36.5 Å². The van der Waals surface area contributed by atoms with E-state index in [0.717, 1.165) is 16.8 Å². The third-order valence-electron chi connectivity index (χ3n) is 2.57. The van der Waals surface area contributed by atoms with E-state index in [-0.39, 0.29) is 0 Å². The number of hydrogen-bond acceptors (Lipinski definition) is 3. The number of carboxylic acid groups (broad SMARTS) is 1. The lowest BCUT2D eigenvalue weighted by molar-refractivity contribution is -0.140. The van der Waals surface area contributed by atoms with Crippen molar-refractivity contribution < 1.29 is 14.7 Å². The molecule has 1 amide bonds. The standard InChI is InChI=1S/C13H13N3O3/c17-12(7-13(18)19)14-8-9-1-3-10(4-2-9)11-5-6-15-16-11/h1-6H,7-8H2,(H,14,17)(H,15,16)(H,18,19). The maximum absolute atomic E-state index is 11.2. The van der Waals surface area contributed by atoms with Crippen molar-refractivity contribution in [2.24, 2.45) is 0 Å². The van der Waals surface area contributed by atoms with Gasteiger partial charge in [0.15, 0.2) is 0 Å². The number of aromatic nitrogens is 2. The van der Waals surface area contributed by atoms with Crippen LogP contribution in [0, 0.1) is 0 Å². The number of carbonyl (C=O) groups excluding carboxylic acids is 1. The predicted octanol–water partition coefficient (Wildman–Crippen LogP) is 1.17. The Labute approximate surface area is 109 Å². The zero-order valence-electron chi connectivity index (χ0n) is 10.1. The first-order chi connectivity index (χ1) is 9.15. The summed E-state index contributed by atoms with van der Waals surface area (Å²) in [5.74, 6) is -1.63. The maximum atomic E-state index is 11.2. The van der Waals surface area contributed by atoms with Crippen LogP contribution in [0.1, 0.15) is 12.0 Å². The molecule has 1 aromatic carbocycles. The second kappa shape index (κ2) is 5.81. The van der Waals surface area contributed by atoms with E-state index in [0.29, 0.717) is 6.54 Å². The molecule has 0 unspecified atom stereocenters. The van der Waals surface area contributed by atoms with Crippen molar-refractivity contribution >= 4 is 11.9 Å². The Kier molecular flexibility index (Phi) is 3.92. The summed E-state index contributed by atoms with van der Waals surface area (Å²) in [6.07, 6.45) is 1.17. The fourth-order valence-corrected chi connectivity index (χ4v) is 1.62. The summed E-state index contributed by atoms with van der Waals surface area (Å²) in [6, 6.07) is 9.43. The SMILES string of the molecule is O=C(O)CC(=O)NCc1ccc(-c2ccn[nH]2)cc1. The molecule has 19 heavy (non-hydrogen) atoms. The van der Waals surface area contributed by atoms with Crippen molar-refractivity contribution in [3.8, 4) is 11.3 Å². The van der Waals surface area contributed by atoms with Gasteiger partial charge in [0, 0.05) is 12.7 Å². The monoisotopic (exact) mass is 259 g/mol. The minimum atomic E-state index is -1.13. The van der Waals surface area contributed by atoms with Crippen LogP contribution >= 0.6 is 0 Å². The summed E-state index contributed by atoms with van der Waals surface area (Å²) in [5, 5.41) is 17.7. The van der Waals surface area contributed by atoms with Crippen LogP contribution in [0.5, 0.6) is 0 Å². The summed E-state index contributed by atoms with van der Waals surface area (Å²) in [5.41, 5.74) is 2.82. The quantitative estimate of drug-likeness (QED) is 0.702. The largest absolute Gasteiger partial charge is 0.481 e. The van der Waals surface area contributed by atoms with Crippen molar-refractivity contribution in [2.45, 2.75) is 13.0 Å². The van der Waals surface area contributed by atoms with Gasteiger partial charge in [0.1, 0.15) is 6.42 Å². The molecule has 2 rings (SSSR count). The Bertz CT molecular complexity index is 561. The van der Waals surface area contributed by atoms with E-state index in [9.17, 15) is 9.59 Å². The van der Waals surface area contributed by atoms with Gasteiger partial charge in [0.05, 0.1) is 5.69 Å². The molecule has 3 N–H and O–H groups in total. The van der Waals surface area contributed by atoms with Gasteiger partial charge in [-0.25, -0.2) is 0 Å². The van der Waals surface area contributed by atoms with E-state index < -0.39 is 18.3 Å². The fraction of sp³-hybridized carbons (Fsp3) is 0.154. The minimum absolute atomic E-state index is 0.315. The number of amides is 1. The third kappa shape index (κ3) is 3.67. The van der Waals surface area contributed by atoms with Gasteiger partial charge in [0.2, 0.25) is 5.91 Å². The maximum Gasteiger partial charge on any atom is 0.312 e. The van der Waals surface area contributed by atoms with E-state index in [4.69, 9.17) is 5.11 Å². The molecule has 0 bridgehead atoms. The average molecular weight is 259 g/mol. The number of rotatable bonds is 5. The van der Waals surface area contributed by atoms with Crippen molar-refractivity contribution in [1.82, 2.24) is 15.5 Å². The summed E-state index contributed by atoms with van der Waals surface area (Å²) < 4.78 is 0. The van der Waals surface area contributed by atoms with E-state index in [1.807, 2.05) is 30.3 Å². The molecule has 0 aliphatic rings. The Balaban J connectivity index is 1.92. The van der Waals surface area contributed by atoms with Crippen LogP contribution < -0.4 is 5.32 Å². The molecule has 0 spiro atoms. The summed E-state index contributed by atoms with van der Waals surface area (Å²) in [6.45, 7) is 0.315. The molecule has 0 aliphatic carbocycles. The van der Waals surface area contributed by atoms with E-state index >= 15 is 0 Å². The highest BCUT2D eigenvalue weighted by Gasteiger charge is 2.06. The lowest BCUT2D eigenvalue weighted by Gasteiger charge is -2.04. The molecule has 0 fully saturated rings. The molecule has 0 aliphatic heterocycles. The highest BCUT2D eigenvalue weighted by Crippen LogP contribution is 2.16. The average Bonchev–Trinajstić information content (AvgIpc) is 2.90. The van der Waals surface area contributed by atoms with Gasteiger partial charge in [-0.1, -0.05) is 24.3 Å². The molecule has 0 atom stereocenters. The second-order valence-electron chi connectivity index (χ2n) is 4.01. The summed E-state index contributed by atoms with van der Waals surface area (Å²) in [7, 11) is 0. The topological polar surface area (TPSA) is 95.1 Å². The molecule has 0 saturated carbocycles. The van der Waals surface area contributed by atoms with Crippen molar-refractivity contribution in [3.05, 3.63) is 42.1 Å². The van der Waals surface area contributed by atoms with E-state index in [1.54, 1.807) is 6.20 Å². The first kappa shape index (κ1) is 12.8. The van der Waals surface area contributed by atoms with Gasteiger partial charge in [-0.2, -0.15) is 5.10 Å². The molecule has 98 valence electrons. The zero-order valence-corrected chi connectivity index (χ0v) is 10.1. The Hall–Kier alpha value is -2.63. The normalized spacial score (nSPS) is 10.1. The molecule has 2 aromatic rings. The Morgan fingerprint density at radius 3 is 2.53 bits per heavy atom. The van der Waals surface area contributed by atoms with Crippen LogP contribution in [-0.4, -0.2) is 27.2 Å². The van der Waals surface area contributed by atoms with Crippen LogP contribution in [0.2, 0.25) is 0 Å². The lowest BCUT2D eigenvalue weighted by Crippen LogP contribution is -2.24. The fourth-order valence-electron chi connectivity index (χ4n) is 1.62. The molecule has 0 saturated heterocycles. The molecule has 6 nitrogen and oxygen atoms in total. The number of aromatic amines is 1. The molecular weight excluding hydrogens is 246 g/mol. The lowest BCUT2D eigenvalue weighted by atomic mass is 10.1. The molecular formula is C13H13N3O3. The number of nitrogens with one attached hydrogen (secondary N) is 2. The highest BCUT2D eigenvalue weighted by atomic mass is 16.4. The Morgan fingerprint density at radius 2 is 1.95 bits per heavy atom. The number of H-pyrrole nitrogens is 1. The van der Waals surface area contributed by atoms with Gasteiger partial charge in [-0.05, 0) is 17.2 Å². The number of benzene rings is 1. The van der Waals surface area contributed by atoms with Gasteiger partial charge in [0.25, 0.3) is 0 Å². The van der Waals surface area contributed by atoms with Crippen LogP contribution in [0.3, 0.4) is 0 Å². The van der Waals surface area contributed by atoms with E-state index in [1.165, 1.54) is 0 Å². The smallest absolute Gasteiger partial charge is 0.312 e. The zero-order chi connectivity index (χ0) is 13.7. The van der Waals surface area contributed by atoms with Gasteiger partial charge in [-0.15, -0.1) is 0 Å². The Morgan fingerprint density at radius 1 is 1.21 bits per heavy atom. The van der Waals surface area contributed by atoms with Crippen molar-refractivity contribution in [1.29, 1.82) is 0 Å². The number of nitrogens with zero attached hydrogens (tertiary/aromatic N) is 1. The third-order valence-corrected chi connectivity index (χ3v) is 2.57. The summed E-state index contributed by atoms with van der Waals surface area (Å²) in [4.78, 5) is 21.5. The highest BCUT2D eigenvalue weighted by molar-refractivity contribution is 5.93. The number of hydrogen-bond donors (Lipinski definition) is 3. The van der Waals surface area contributed by atoms with Crippen LogP contribution in [-0.2, 0) is 16.1 Å². The molecule has 1 heterocycles.